The molecule has 5 rings (SSSR count). The summed E-state index contributed by atoms with van der Waals surface area (Å²) in [7, 11) is -7.18. The third-order valence-electron chi connectivity index (χ3n) is 7.70. The minimum absolute atomic E-state index is 0.0530. The first-order chi connectivity index (χ1) is 21.4. The number of thioether (sulfide) groups is 1. The zero-order valence-corrected chi connectivity index (χ0v) is 28.9. The van der Waals surface area contributed by atoms with Crippen molar-refractivity contribution in [3.8, 4) is 11.1 Å². The van der Waals surface area contributed by atoms with Gasteiger partial charge in [0.1, 0.15) is 9.84 Å². The van der Waals surface area contributed by atoms with Crippen LogP contribution in [0.5, 0.6) is 0 Å². The number of anilines is 1. The number of fused-ring (bicyclic) bond motifs is 1. The number of sulfone groups is 1. The molecule has 0 aliphatic carbocycles. The predicted octanol–water partition coefficient (Wildman–Crippen LogP) is 8.34. The fourth-order valence-corrected chi connectivity index (χ4v) is 7.86. The molecular weight excluding hydrogens is 667 g/mol. The highest BCUT2D eigenvalue weighted by molar-refractivity contribution is 7.98. The Morgan fingerprint density at radius 2 is 1.60 bits per heavy atom. The zero-order chi connectivity index (χ0) is 32.4. The van der Waals surface area contributed by atoms with E-state index in [1.54, 1.807) is 37.0 Å². The van der Waals surface area contributed by atoms with Gasteiger partial charge in [-0.3, -0.25) is 9.29 Å². The molecule has 0 aliphatic rings. The predicted molar refractivity (Wildman–Crippen MR) is 188 cm³/mol. The van der Waals surface area contributed by atoms with E-state index in [-0.39, 0.29) is 21.5 Å². The second-order valence-corrected chi connectivity index (χ2v) is 16.9. The lowest BCUT2D eigenvalue weighted by molar-refractivity contribution is 0.588. The van der Waals surface area contributed by atoms with Crippen LogP contribution in [0.3, 0.4) is 0 Å². The zero-order valence-electron chi connectivity index (χ0n) is 24.9. The Morgan fingerprint density at radius 3 is 2.29 bits per heavy atom. The van der Waals surface area contributed by atoms with E-state index in [1.807, 2.05) is 66.9 Å². The normalized spacial score (nSPS) is 12.7. The molecule has 0 fully saturated rings. The lowest BCUT2D eigenvalue weighted by Crippen LogP contribution is -2.33. The van der Waals surface area contributed by atoms with Crippen LogP contribution in [0.25, 0.3) is 22.0 Å². The molecule has 6 nitrogen and oxygen atoms in total. The average molecular weight is 700 g/mol. The van der Waals surface area contributed by atoms with Gasteiger partial charge >= 0.3 is 0 Å². The molecule has 45 heavy (non-hydrogen) atoms. The second-order valence-electron chi connectivity index (χ2n) is 10.9. The van der Waals surface area contributed by atoms with Gasteiger partial charge in [0.05, 0.1) is 31.4 Å². The molecule has 0 saturated carbocycles. The monoisotopic (exact) mass is 698 g/mol. The topological polar surface area (TPSA) is 84.4 Å². The van der Waals surface area contributed by atoms with Gasteiger partial charge in [-0.1, -0.05) is 53.5 Å². The van der Waals surface area contributed by atoms with Crippen molar-refractivity contribution in [2.75, 3.05) is 23.4 Å². The Hall–Kier alpha value is -3.08. The minimum Gasteiger partial charge on any atom is -0.266 e. The van der Waals surface area contributed by atoms with Crippen molar-refractivity contribution in [3.63, 3.8) is 0 Å². The van der Waals surface area contributed by atoms with Crippen LogP contribution in [-0.4, -0.2) is 46.1 Å². The molecular formula is C34H32Cl2N2O4S3. The summed E-state index contributed by atoms with van der Waals surface area (Å²) >= 11 is 13.9. The minimum atomic E-state index is -3.98. The van der Waals surface area contributed by atoms with Crippen molar-refractivity contribution < 1.29 is 16.8 Å². The third kappa shape index (κ3) is 7.67. The van der Waals surface area contributed by atoms with Crippen LogP contribution in [0.15, 0.2) is 107 Å². The quantitative estimate of drug-likeness (QED) is 0.129. The van der Waals surface area contributed by atoms with Crippen LogP contribution in [0, 0.1) is 0 Å². The molecule has 1 unspecified atom stereocenters. The smallest absolute Gasteiger partial charge is 0.264 e. The van der Waals surface area contributed by atoms with Crippen molar-refractivity contribution in [2.24, 2.45) is 0 Å². The van der Waals surface area contributed by atoms with E-state index >= 15 is 0 Å². The first kappa shape index (κ1) is 33.3. The Labute approximate surface area is 279 Å². The van der Waals surface area contributed by atoms with E-state index in [2.05, 4.69) is 4.98 Å². The highest BCUT2D eigenvalue weighted by Gasteiger charge is 2.26. The van der Waals surface area contributed by atoms with Gasteiger partial charge in [-0.2, -0.15) is 0 Å². The molecule has 234 valence electrons. The summed E-state index contributed by atoms with van der Waals surface area (Å²) in [6.07, 6.45) is 5.77. The van der Waals surface area contributed by atoms with Crippen molar-refractivity contribution >= 4 is 71.4 Å². The first-order valence-electron chi connectivity index (χ1n) is 14.1. The standard InChI is InChI=1S/C34H32Cl2N2O4S3/c1-23(44(3,39)40)18-25-20-27-8-5-16-37-34(27)31(21-25)26-7-4-6-24(19-26)15-17-38(28-9-11-29(43-2)12-10-28)45(41,42)30-13-14-32(35)33(36)22-30/h4-14,16,19-23H,15,17-18H2,1-3H3. The molecule has 0 bridgehead atoms. The number of hydrogen-bond acceptors (Lipinski definition) is 6. The lowest BCUT2D eigenvalue weighted by Gasteiger charge is -2.25. The summed E-state index contributed by atoms with van der Waals surface area (Å²) in [5.41, 5.74) is 4.98. The van der Waals surface area contributed by atoms with Gasteiger partial charge < -0.3 is 0 Å². The first-order valence-corrected chi connectivity index (χ1v) is 19.5. The van der Waals surface area contributed by atoms with Crippen molar-refractivity contribution in [1.82, 2.24) is 4.98 Å². The maximum Gasteiger partial charge on any atom is 0.264 e. The number of aromatic nitrogens is 1. The van der Waals surface area contributed by atoms with Gasteiger partial charge in [0.2, 0.25) is 0 Å². The van der Waals surface area contributed by atoms with Gasteiger partial charge in [0.25, 0.3) is 10.0 Å². The van der Waals surface area contributed by atoms with Gasteiger partial charge in [0, 0.05) is 34.8 Å². The highest BCUT2D eigenvalue weighted by Crippen LogP contribution is 2.33. The van der Waals surface area contributed by atoms with Gasteiger partial charge in [-0.15, -0.1) is 11.8 Å². The Morgan fingerprint density at radius 1 is 0.844 bits per heavy atom. The van der Waals surface area contributed by atoms with Crippen molar-refractivity contribution in [2.45, 2.75) is 34.8 Å². The number of hydrogen-bond donors (Lipinski definition) is 0. The van der Waals surface area contributed by atoms with Crippen LogP contribution in [0.1, 0.15) is 18.1 Å². The molecule has 1 atom stereocenters. The number of pyridine rings is 1. The van der Waals surface area contributed by atoms with E-state index in [1.165, 1.54) is 28.8 Å². The molecule has 0 amide bonds. The van der Waals surface area contributed by atoms with Gasteiger partial charge in [-0.25, -0.2) is 16.8 Å². The van der Waals surface area contributed by atoms with Crippen LogP contribution < -0.4 is 4.31 Å². The van der Waals surface area contributed by atoms with E-state index in [0.717, 1.165) is 38.1 Å². The van der Waals surface area contributed by atoms with Crippen LogP contribution in [0.4, 0.5) is 5.69 Å². The van der Waals surface area contributed by atoms with Crippen molar-refractivity contribution in [1.29, 1.82) is 0 Å². The SMILES string of the molecule is CSc1ccc(N(CCc2cccc(-c3cc(CC(C)S(C)(=O)=O)cc4cccnc34)c2)S(=O)(=O)c2ccc(Cl)c(Cl)c2)cc1. The third-order valence-corrected chi connectivity index (χ3v) is 12.6. The fraction of sp³-hybridized carbons (Fsp3) is 0.206. The molecule has 0 radical (unpaired) electrons. The van der Waals surface area contributed by atoms with Crippen LogP contribution >= 0.6 is 35.0 Å². The Bertz CT molecular complexity index is 2070. The molecule has 11 heteroatoms. The summed E-state index contributed by atoms with van der Waals surface area (Å²) in [5, 5.41) is 0.834. The number of benzene rings is 4. The molecule has 0 aliphatic heterocycles. The molecule has 5 aromatic rings. The number of sulfonamides is 1. The summed E-state index contributed by atoms with van der Waals surface area (Å²) in [6.45, 7) is 1.89. The summed E-state index contributed by atoms with van der Waals surface area (Å²) in [6, 6.07) is 27.5. The number of rotatable bonds is 11. The molecule has 0 spiro atoms. The van der Waals surface area contributed by atoms with Gasteiger partial charge in [0.15, 0.2) is 0 Å². The molecule has 1 aromatic heterocycles. The highest BCUT2D eigenvalue weighted by atomic mass is 35.5. The fourth-order valence-electron chi connectivity index (χ4n) is 5.10. The summed E-state index contributed by atoms with van der Waals surface area (Å²) in [4.78, 5) is 5.71. The Balaban J connectivity index is 1.50. The average Bonchev–Trinajstić information content (AvgIpc) is 3.02. The van der Waals surface area contributed by atoms with Gasteiger partial charge in [-0.05, 0) is 103 Å². The van der Waals surface area contributed by atoms with E-state index in [9.17, 15) is 16.8 Å². The summed E-state index contributed by atoms with van der Waals surface area (Å²) < 4.78 is 53.7. The van der Waals surface area contributed by atoms with E-state index in [4.69, 9.17) is 23.2 Å². The maximum atomic E-state index is 14.0. The van der Waals surface area contributed by atoms with Crippen LogP contribution in [-0.2, 0) is 32.7 Å². The van der Waals surface area contributed by atoms with E-state index < -0.39 is 25.1 Å². The Kier molecular flexibility index (Phi) is 10.2. The molecule has 0 N–H and O–H groups in total. The van der Waals surface area contributed by atoms with Crippen LogP contribution in [0.2, 0.25) is 10.0 Å². The summed E-state index contributed by atoms with van der Waals surface area (Å²) in [5.74, 6) is 0. The molecule has 0 saturated heterocycles. The maximum absolute atomic E-state index is 14.0. The number of nitrogens with zero attached hydrogens (tertiary/aromatic N) is 2. The number of halogens is 2. The molecule has 1 heterocycles. The van der Waals surface area contributed by atoms with E-state index in [0.29, 0.717) is 18.5 Å². The lowest BCUT2D eigenvalue weighted by atomic mass is 9.95. The largest absolute Gasteiger partial charge is 0.266 e. The van der Waals surface area contributed by atoms with Crippen molar-refractivity contribution in [3.05, 3.63) is 118 Å². The molecule has 4 aromatic carbocycles. The second kappa shape index (κ2) is 13.7.